The summed E-state index contributed by atoms with van der Waals surface area (Å²) in [6.07, 6.45) is 0. The molecule has 1 saturated heterocycles. The van der Waals surface area contributed by atoms with Gasteiger partial charge in [0.15, 0.2) is 0 Å². The molecule has 0 spiro atoms. The Morgan fingerprint density at radius 1 is 1.20 bits per heavy atom. The van der Waals surface area contributed by atoms with Crippen LogP contribution in [0.5, 0.6) is 0 Å². The van der Waals surface area contributed by atoms with Crippen LogP contribution in [0.1, 0.15) is 20.8 Å². The first-order chi connectivity index (χ1) is 9.65. The number of carboxylic acids is 1. The van der Waals surface area contributed by atoms with Crippen LogP contribution in [0.15, 0.2) is 24.3 Å². The number of hydrogen-bond donors (Lipinski definition) is 2. The number of carbonyl (C=O) groups excluding carboxylic acids is 1. The van der Waals surface area contributed by atoms with E-state index in [2.05, 4.69) is 4.98 Å². The first kappa shape index (κ1) is 12.7. The van der Waals surface area contributed by atoms with E-state index in [1.807, 2.05) is 0 Å². The Labute approximate surface area is 114 Å². The summed E-state index contributed by atoms with van der Waals surface area (Å²) in [6.45, 7) is 2.29. The summed E-state index contributed by atoms with van der Waals surface area (Å²) >= 11 is 0. The van der Waals surface area contributed by atoms with E-state index in [0.29, 0.717) is 37.4 Å². The number of carboxylic acid groups (broad SMARTS) is 1. The summed E-state index contributed by atoms with van der Waals surface area (Å²) in [5.74, 6) is -1.06. The number of carbonyl (C=O) groups is 2. The molecule has 3 rings (SSSR count). The van der Waals surface area contributed by atoms with Gasteiger partial charge in [0.05, 0.1) is 13.2 Å². The molecule has 104 valence electrons. The van der Waals surface area contributed by atoms with E-state index in [9.17, 15) is 9.59 Å². The van der Waals surface area contributed by atoms with Gasteiger partial charge in [-0.3, -0.25) is 4.79 Å². The molecule has 6 nitrogen and oxygen atoms in total. The molecule has 0 radical (unpaired) electrons. The third-order valence-corrected chi connectivity index (χ3v) is 3.40. The van der Waals surface area contributed by atoms with Crippen LogP contribution in [0.2, 0.25) is 0 Å². The van der Waals surface area contributed by atoms with Crippen LogP contribution in [-0.2, 0) is 4.74 Å². The quantitative estimate of drug-likeness (QED) is 0.865. The van der Waals surface area contributed by atoms with Crippen molar-refractivity contribution in [2.75, 3.05) is 26.3 Å². The van der Waals surface area contributed by atoms with Gasteiger partial charge < -0.3 is 19.7 Å². The maximum Gasteiger partial charge on any atom is 0.352 e. The third-order valence-electron chi connectivity index (χ3n) is 3.40. The van der Waals surface area contributed by atoms with Crippen molar-refractivity contribution in [3.8, 4) is 0 Å². The highest BCUT2D eigenvalue weighted by Crippen LogP contribution is 2.19. The minimum atomic E-state index is -1.01. The van der Waals surface area contributed by atoms with Crippen LogP contribution in [-0.4, -0.2) is 53.2 Å². The lowest BCUT2D eigenvalue weighted by Crippen LogP contribution is -2.40. The number of benzene rings is 1. The van der Waals surface area contributed by atoms with Crippen LogP contribution in [0.25, 0.3) is 10.9 Å². The number of nitrogens with one attached hydrogen (secondary N) is 1. The molecule has 1 aliphatic rings. The van der Waals surface area contributed by atoms with Gasteiger partial charge in [-0.05, 0) is 24.3 Å². The van der Waals surface area contributed by atoms with E-state index in [1.165, 1.54) is 6.07 Å². The molecule has 1 aromatic carbocycles. The van der Waals surface area contributed by atoms with Crippen LogP contribution < -0.4 is 0 Å². The largest absolute Gasteiger partial charge is 0.477 e. The van der Waals surface area contributed by atoms with Crippen molar-refractivity contribution < 1.29 is 19.4 Å². The predicted molar refractivity (Wildman–Crippen MR) is 72.0 cm³/mol. The Balaban J connectivity index is 1.91. The van der Waals surface area contributed by atoms with Crippen LogP contribution in [0, 0.1) is 0 Å². The Morgan fingerprint density at radius 3 is 2.65 bits per heavy atom. The molecule has 1 aromatic heterocycles. The number of aromatic amines is 1. The van der Waals surface area contributed by atoms with Crippen molar-refractivity contribution in [1.82, 2.24) is 9.88 Å². The number of hydrogen-bond acceptors (Lipinski definition) is 3. The molecule has 0 bridgehead atoms. The number of aromatic carboxylic acids is 1. The average Bonchev–Trinajstić information content (AvgIpc) is 2.90. The molecule has 2 N–H and O–H groups in total. The summed E-state index contributed by atoms with van der Waals surface area (Å²) < 4.78 is 5.22. The van der Waals surface area contributed by atoms with Crippen molar-refractivity contribution >= 4 is 22.8 Å². The Kier molecular flexibility index (Phi) is 3.15. The van der Waals surface area contributed by atoms with Crippen molar-refractivity contribution in [2.45, 2.75) is 0 Å². The van der Waals surface area contributed by atoms with Crippen molar-refractivity contribution in [3.05, 3.63) is 35.5 Å². The average molecular weight is 274 g/mol. The monoisotopic (exact) mass is 274 g/mol. The maximum absolute atomic E-state index is 12.3. The molecule has 6 heteroatoms. The SMILES string of the molecule is O=C(O)c1cc2cc(C(=O)N3CCOCC3)ccc2[nH]1. The van der Waals surface area contributed by atoms with E-state index in [0.717, 1.165) is 5.39 Å². The minimum Gasteiger partial charge on any atom is -0.477 e. The Hall–Kier alpha value is -2.34. The van der Waals surface area contributed by atoms with Gasteiger partial charge in [0.2, 0.25) is 0 Å². The molecule has 20 heavy (non-hydrogen) atoms. The van der Waals surface area contributed by atoms with E-state index < -0.39 is 5.97 Å². The van der Waals surface area contributed by atoms with Gasteiger partial charge in [0, 0.05) is 29.6 Å². The normalized spacial score (nSPS) is 15.5. The number of morpholine rings is 1. The molecule has 2 aromatic rings. The predicted octanol–water partition coefficient (Wildman–Crippen LogP) is 1.34. The summed E-state index contributed by atoms with van der Waals surface area (Å²) in [7, 11) is 0. The standard InChI is InChI=1S/C14H14N2O4/c17-13(16-3-5-20-6-4-16)9-1-2-11-10(7-9)8-12(15-11)14(18)19/h1-2,7-8,15H,3-6H2,(H,18,19). The molecule has 0 saturated carbocycles. The Morgan fingerprint density at radius 2 is 1.95 bits per heavy atom. The highest BCUT2D eigenvalue weighted by Gasteiger charge is 2.19. The second-order valence-corrected chi connectivity index (χ2v) is 4.69. The summed E-state index contributed by atoms with van der Waals surface area (Å²) in [4.78, 5) is 27.8. The molecule has 0 unspecified atom stereocenters. The molecule has 2 heterocycles. The zero-order valence-electron chi connectivity index (χ0n) is 10.8. The lowest BCUT2D eigenvalue weighted by Gasteiger charge is -2.26. The molecule has 1 fully saturated rings. The van der Waals surface area contributed by atoms with Crippen molar-refractivity contribution in [1.29, 1.82) is 0 Å². The van der Waals surface area contributed by atoms with Gasteiger partial charge in [0.25, 0.3) is 5.91 Å². The van der Waals surface area contributed by atoms with Gasteiger partial charge in [-0.15, -0.1) is 0 Å². The fourth-order valence-corrected chi connectivity index (χ4v) is 2.33. The highest BCUT2D eigenvalue weighted by atomic mass is 16.5. The van der Waals surface area contributed by atoms with Gasteiger partial charge in [0.1, 0.15) is 5.69 Å². The number of amides is 1. The zero-order chi connectivity index (χ0) is 14.1. The fraction of sp³-hybridized carbons (Fsp3) is 0.286. The lowest BCUT2D eigenvalue weighted by molar-refractivity contribution is 0.0303. The molecule has 1 amide bonds. The number of nitrogens with zero attached hydrogens (tertiary/aromatic N) is 1. The number of rotatable bonds is 2. The second kappa shape index (κ2) is 4.97. The fourth-order valence-electron chi connectivity index (χ4n) is 2.33. The molecular formula is C14H14N2O4. The molecule has 1 aliphatic heterocycles. The zero-order valence-corrected chi connectivity index (χ0v) is 10.8. The maximum atomic E-state index is 12.3. The summed E-state index contributed by atoms with van der Waals surface area (Å²) in [5.41, 5.74) is 1.40. The van der Waals surface area contributed by atoms with Crippen molar-refractivity contribution in [3.63, 3.8) is 0 Å². The van der Waals surface area contributed by atoms with Gasteiger partial charge in [-0.2, -0.15) is 0 Å². The second-order valence-electron chi connectivity index (χ2n) is 4.69. The lowest BCUT2D eigenvalue weighted by atomic mass is 10.1. The number of fused-ring (bicyclic) bond motifs is 1. The van der Waals surface area contributed by atoms with Gasteiger partial charge in [-0.25, -0.2) is 4.79 Å². The molecule has 0 atom stereocenters. The minimum absolute atomic E-state index is 0.0479. The van der Waals surface area contributed by atoms with E-state index >= 15 is 0 Å². The number of H-pyrrole nitrogens is 1. The van der Waals surface area contributed by atoms with Gasteiger partial charge >= 0.3 is 5.97 Å². The number of ether oxygens (including phenoxy) is 1. The third kappa shape index (κ3) is 2.25. The topological polar surface area (TPSA) is 82.6 Å². The van der Waals surface area contributed by atoms with E-state index in [1.54, 1.807) is 23.1 Å². The van der Waals surface area contributed by atoms with E-state index in [-0.39, 0.29) is 11.6 Å². The smallest absolute Gasteiger partial charge is 0.352 e. The van der Waals surface area contributed by atoms with Crippen LogP contribution in [0.4, 0.5) is 0 Å². The van der Waals surface area contributed by atoms with E-state index in [4.69, 9.17) is 9.84 Å². The Bertz CT molecular complexity index is 671. The first-order valence-corrected chi connectivity index (χ1v) is 6.38. The summed E-state index contributed by atoms with van der Waals surface area (Å²) in [6, 6.07) is 6.70. The van der Waals surface area contributed by atoms with Gasteiger partial charge in [-0.1, -0.05) is 0 Å². The van der Waals surface area contributed by atoms with Crippen LogP contribution in [0.3, 0.4) is 0 Å². The van der Waals surface area contributed by atoms with Crippen molar-refractivity contribution in [2.24, 2.45) is 0 Å². The number of aromatic nitrogens is 1. The van der Waals surface area contributed by atoms with Crippen LogP contribution >= 0.6 is 0 Å². The summed E-state index contributed by atoms with van der Waals surface area (Å²) in [5, 5.41) is 9.67. The molecular weight excluding hydrogens is 260 g/mol. The highest BCUT2D eigenvalue weighted by molar-refractivity contribution is 6.00. The molecule has 0 aliphatic carbocycles. The first-order valence-electron chi connectivity index (χ1n) is 6.38.